The topological polar surface area (TPSA) is 99.5 Å². The molecule has 2 aromatic carbocycles. The molecule has 0 bridgehead atoms. The summed E-state index contributed by atoms with van der Waals surface area (Å²) in [7, 11) is 3.25. The van der Waals surface area contributed by atoms with E-state index >= 15 is 0 Å². The smallest absolute Gasteiger partial charge is 0.258 e. The summed E-state index contributed by atoms with van der Waals surface area (Å²) in [5, 5.41) is 9.82. The van der Waals surface area contributed by atoms with Gasteiger partial charge in [0, 0.05) is 18.8 Å². The summed E-state index contributed by atoms with van der Waals surface area (Å²) in [6.45, 7) is 2.15. The van der Waals surface area contributed by atoms with Gasteiger partial charge in [0.1, 0.15) is 24.0 Å². The molecular weight excluding hydrogens is 406 g/mol. The Labute approximate surface area is 185 Å². The Bertz CT molecular complexity index is 1300. The largest absolute Gasteiger partial charge is 0.493 e. The van der Waals surface area contributed by atoms with E-state index in [0.29, 0.717) is 35.0 Å². The number of allylic oxidation sites excluding steroid dienone is 1. The van der Waals surface area contributed by atoms with E-state index in [-0.39, 0.29) is 17.0 Å². The molecule has 0 amide bonds. The minimum Gasteiger partial charge on any atom is -0.493 e. The van der Waals surface area contributed by atoms with Crippen LogP contribution in [0.2, 0.25) is 0 Å². The number of fused-ring (bicyclic) bond motifs is 1. The summed E-state index contributed by atoms with van der Waals surface area (Å²) in [5.41, 5.74) is 8.77. The molecule has 0 radical (unpaired) electrons. The molecule has 0 saturated carbocycles. The van der Waals surface area contributed by atoms with E-state index in [1.807, 2.05) is 37.3 Å². The first kappa shape index (κ1) is 21.1. The Morgan fingerprint density at radius 3 is 2.59 bits per heavy atom. The average molecular weight is 429 g/mol. The number of nitrogens with zero attached hydrogens (tertiary/aromatic N) is 2. The third kappa shape index (κ3) is 3.67. The average Bonchev–Trinajstić information content (AvgIpc) is 2.81. The van der Waals surface area contributed by atoms with Crippen molar-refractivity contribution in [2.75, 3.05) is 7.11 Å². The summed E-state index contributed by atoms with van der Waals surface area (Å²) in [4.78, 5) is 13.2. The van der Waals surface area contributed by atoms with E-state index < -0.39 is 5.92 Å². The van der Waals surface area contributed by atoms with Crippen LogP contribution in [0.15, 0.2) is 70.8 Å². The maximum Gasteiger partial charge on any atom is 0.258 e. The fraction of sp³-hybridized carbons (Fsp3) is 0.200. The van der Waals surface area contributed by atoms with Crippen LogP contribution in [-0.4, -0.2) is 11.7 Å². The van der Waals surface area contributed by atoms with Crippen molar-refractivity contribution in [1.29, 1.82) is 5.26 Å². The zero-order valence-electron chi connectivity index (χ0n) is 18.1. The van der Waals surface area contributed by atoms with Crippen LogP contribution in [0.4, 0.5) is 0 Å². The highest BCUT2D eigenvalue weighted by Crippen LogP contribution is 2.42. The van der Waals surface area contributed by atoms with E-state index in [1.165, 1.54) is 4.57 Å². The number of benzene rings is 2. The van der Waals surface area contributed by atoms with Crippen molar-refractivity contribution in [3.63, 3.8) is 0 Å². The van der Waals surface area contributed by atoms with Crippen molar-refractivity contribution in [2.24, 2.45) is 12.8 Å². The van der Waals surface area contributed by atoms with E-state index in [9.17, 15) is 10.1 Å². The van der Waals surface area contributed by atoms with Crippen LogP contribution in [0, 0.1) is 18.3 Å². The summed E-state index contributed by atoms with van der Waals surface area (Å²) in [5.74, 6) is 0.703. The van der Waals surface area contributed by atoms with Gasteiger partial charge in [-0.3, -0.25) is 4.79 Å². The Hall–Kier alpha value is -4.18. The highest BCUT2D eigenvalue weighted by molar-refractivity contribution is 5.57. The molecular formula is C25H23N3O4. The van der Waals surface area contributed by atoms with Crippen molar-refractivity contribution in [3.8, 4) is 23.3 Å². The predicted molar refractivity (Wildman–Crippen MR) is 119 cm³/mol. The molecule has 162 valence electrons. The molecule has 0 unspecified atom stereocenters. The second kappa shape index (κ2) is 8.52. The SMILES string of the molecule is COc1ccc([C@@H]2C(C#N)=C(N)Oc3cc(C)n(C)c(=O)c32)cc1OCc1ccccc1. The highest BCUT2D eigenvalue weighted by Gasteiger charge is 2.34. The molecule has 2 heterocycles. The van der Waals surface area contributed by atoms with Crippen molar-refractivity contribution in [2.45, 2.75) is 19.4 Å². The standard InChI is InChI=1S/C25H23N3O4/c1-15-11-21-23(25(29)28(15)2)22(18(13-26)24(27)32-21)17-9-10-19(30-3)20(12-17)31-14-16-7-5-4-6-8-16/h4-12,22H,14,27H2,1-3H3/t22-/m1/s1. The molecule has 1 aromatic heterocycles. The second-order valence-corrected chi connectivity index (χ2v) is 7.54. The lowest BCUT2D eigenvalue weighted by Gasteiger charge is -2.27. The van der Waals surface area contributed by atoms with E-state index in [1.54, 1.807) is 38.4 Å². The molecule has 7 nitrogen and oxygen atoms in total. The molecule has 0 fully saturated rings. The zero-order chi connectivity index (χ0) is 22.8. The number of hydrogen-bond donors (Lipinski definition) is 1. The molecule has 0 spiro atoms. The van der Waals surface area contributed by atoms with Gasteiger partial charge in [-0.25, -0.2) is 0 Å². The van der Waals surface area contributed by atoms with Crippen LogP contribution >= 0.6 is 0 Å². The van der Waals surface area contributed by atoms with E-state index in [2.05, 4.69) is 6.07 Å². The maximum absolute atomic E-state index is 13.2. The van der Waals surface area contributed by atoms with Crippen LogP contribution in [0.25, 0.3) is 0 Å². The van der Waals surface area contributed by atoms with Gasteiger partial charge in [-0.2, -0.15) is 5.26 Å². The molecule has 2 N–H and O–H groups in total. The molecule has 1 atom stereocenters. The number of aryl methyl sites for hydroxylation is 1. The molecule has 0 aliphatic carbocycles. The van der Waals surface area contributed by atoms with Crippen molar-refractivity contribution in [1.82, 2.24) is 4.57 Å². The summed E-state index contributed by atoms with van der Waals surface area (Å²) in [6.07, 6.45) is 0. The summed E-state index contributed by atoms with van der Waals surface area (Å²) >= 11 is 0. The normalized spacial score (nSPS) is 14.9. The number of nitriles is 1. The number of methoxy groups -OCH3 is 1. The molecule has 1 aliphatic rings. The number of hydrogen-bond acceptors (Lipinski definition) is 6. The second-order valence-electron chi connectivity index (χ2n) is 7.54. The lowest BCUT2D eigenvalue weighted by atomic mass is 9.84. The molecule has 4 rings (SSSR count). The Balaban J connectivity index is 1.83. The van der Waals surface area contributed by atoms with Crippen LogP contribution in [-0.2, 0) is 13.7 Å². The van der Waals surface area contributed by atoms with Crippen molar-refractivity contribution < 1.29 is 14.2 Å². The van der Waals surface area contributed by atoms with E-state index in [0.717, 1.165) is 11.3 Å². The van der Waals surface area contributed by atoms with Crippen molar-refractivity contribution >= 4 is 0 Å². The molecule has 0 saturated heterocycles. The Morgan fingerprint density at radius 2 is 1.91 bits per heavy atom. The fourth-order valence-corrected chi connectivity index (χ4v) is 3.79. The van der Waals surface area contributed by atoms with Gasteiger partial charge in [-0.15, -0.1) is 0 Å². The minimum absolute atomic E-state index is 0.0137. The van der Waals surface area contributed by atoms with Crippen LogP contribution in [0.3, 0.4) is 0 Å². The third-order valence-electron chi connectivity index (χ3n) is 5.61. The fourth-order valence-electron chi connectivity index (χ4n) is 3.79. The Kier molecular flexibility index (Phi) is 5.61. The van der Waals surface area contributed by atoms with Gasteiger partial charge >= 0.3 is 0 Å². The quantitative estimate of drug-likeness (QED) is 0.666. The molecule has 7 heteroatoms. The van der Waals surface area contributed by atoms with Crippen molar-refractivity contribution in [3.05, 3.63) is 98.8 Å². The highest BCUT2D eigenvalue weighted by atomic mass is 16.5. The summed E-state index contributed by atoms with van der Waals surface area (Å²) < 4.78 is 18.7. The first-order chi connectivity index (χ1) is 15.4. The van der Waals surface area contributed by atoms with Gasteiger partial charge in [0.2, 0.25) is 5.88 Å². The van der Waals surface area contributed by atoms with Gasteiger partial charge in [0.05, 0.1) is 18.6 Å². The van der Waals surface area contributed by atoms with Gasteiger partial charge in [-0.1, -0.05) is 36.4 Å². The van der Waals surface area contributed by atoms with Gasteiger partial charge < -0.3 is 24.5 Å². The Morgan fingerprint density at radius 1 is 1.16 bits per heavy atom. The lowest BCUT2D eigenvalue weighted by molar-refractivity contribution is 0.284. The minimum atomic E-state index is -0.687. The van der Waals surface area contributed by atoms with Crippen LogP contribution < -0.4 is 25.5 Å². The number of nitrogens with two attached hydrogens (primary N) is 1. The molecule has 32 heavy (non-hydrogen) atoms. The van der Waals surface area contributed by atoms with Gasteiger partial charge in [-0.05, 0) is 30.2 Å². The number of rotatable bonds is 5. The van der Waals surface area contributed by atoms with Gasteiger partial charge in [0.25, 0.3) is 5.56 Å². The zero-order valence-corrected chi connectivity index (χ0v) is 18.1. The van der Waals surface area contributed by atoms with Crippen LogP contribution in [0.5, 0.6) is 17.2 Å². The third-order valence-corrected chi connectivity index (χ3v) is 5.61. The lowest BCUT2D eigenvalue weighted by Crippen LogP contribution is -2.31. The maximum atomic E-state index is 13.2. The molecule has 1 aliphatic heterocycles. The number of pyridine rings is 1. The first-order valence-corrected chi connectivity index (χ1v) is 10.1. The first-order valence-electron chi connectivity index (χ1n) is 10.1. The number of aromatic nitrogens is 1. The summed E-state index contributed by atoms with van der Waals surface area (Å²) in [6, 6.07) is 19.0. The van der Waals surface area contributed by atoms with E-state index in [4.69, 9.17) is 19.9 Å². The predicted octanol–water partition coefficient (Wildman–Crippen LogP) is 3.50. The number of ether oxygens (including phenoxy) is 3. The monoisotopic (exact) mass is 429 g/mol. The van der Waals surface area contributed by atoms with Crippen LogP contribution in [0.1, 0.15) is 28.3 Å². The van der Waals surface area contributed by atoms with Gasteiger partial charge in [0.15, 0.2) is 11.5 Å². The molecule has 3 aromatic rings.